The number of benzene rings is 2. The molecule has 1 aromatic heterocycles. The zero-order chi connectivity index (χ0) is 18.8. The van der Waals surface area contributed by atoms with Gasteiger partial charge in [-0.1, -0.05) is 30.3 Å². The van der Waals surface area contributed by atoms with Crippen LogP contribution < -0.4 is 15.6 Å². The smallest absolute Gasteiger partial charge is 0.270 e. The number of ether oxygens (including phenoxy) is 1. The number of hydrogen-bond acceptors (Lipinski definition) is 4. The maximum absolute atomic E-state index is 12.9. The molecular formula is C21H24N4O2. The molecule has 0 aliphatic carbocycles. The highest BCUT2D eigenvalue weighted by molar-refractivity contribution is 5.98. The number of H-pyrrole nitrogens is 1. The number of nitrogens with zero attached hydrogens (tertiary/aromatic N) is 1. The first-order valence-corrected chi connectivity index (χ1v) is 9.11. The highest BCUT2D eigenvalue weighted by Crippen LogP contribution is 2.26. The van der Waals surface area contributed by atoms with E-state index in [2.05, 4.69) is 28.0 Å². The van der Waals surface area contributed by atoms with Gasteiger partial charge in [-0.15, -0.1) is 0 Å². The molecule has 2 heterocycles. The van der Waals surface area contributed by atoms with Crippen LogP contribution in [0.25, 0.3) is 10.9 Å². The minimum atomic E-state index is -0.0103. The van der Waals surface area contributed by atoms with E-state index in [0.29, 0.717) is 18.2 Å². The highest BCUT2D eigenvalue weighted by Gasteiger charge is 2.30. The van der Waals surface area contributed by atoms with Gasteiger partial charge in [0.25, 0.3) is 5.91 Å². The quantitative estimate of drug-likeness (QED) is 0.651. The number of nitrogens with one attached hydrogen (secondary N) is 3. The second-order valence-electron chi connectivity index (χ2n) is 7.00. The molecule has 3 aromatic rings. The van der Waals surface area contributed by atoms with Gasteiger partial charge in [0, 0.05) is 37.0 Å². The van der Waals surface area contributed by atoms with Gasteiger partial charge in [0.2, 0.25) is 0 Å². The zero-order valence-electron chi connectivity index (χ0n) is 15.5. The number of fused-ring (bicyclic) bond motifs is 1. The first-order chi connectivity index (χ1) is 13.2. The fourth-order valence-electron chi connectivity index (χ4n) is 3.71. The Morgan fingerprint density at radius 3 is 2.78 bits per heavy atom. The lowest BCUT2D eigenvalue weighted by Gasteiger charge is -2.24. The first-order valence-electron chi connectivity index (χ1n) is 9.11. The van der Waals surface area contributed by atoms with Crippen LogP contribution in [0.1, 0.15) is 22.1 Å². The Morgan fingerprint density at radius 1 is 1.19 bits per heavy atom. The molecular weight excluding hydrogens is 340 g/mol. The maximum atomic E-state index is 12.9. The number of aromatic amines is 1. The molecule has 2 unspecified atom stereocenters. The lowest BCUT2D eigenvalue weighted by molar-refractivity contribution is 0.0766. The van der Waals surface area contributed by atoms with E-state index in [9.17, 15) is 4.79 Å². The van der Waals surface area contributed by atoms with Crippen LogP contribution in [0, 0.1) is 5.92 Å². The van der Waals surface area contributed by atoms with Crippen LogP contribution >= 0.6 is 0 Å². The molecule has 3 N–H and O–H groups in total. The van der Waals surface area contributed by atoms with Gasteiger partial charge in [-0.3, -0.25) is 10.2 Å². The Labute approximate surface area is 158 Å². The van der Waals surface area contributed by atoms with Gasteiger partial charge in [-0.2, -0.15) is 0 Å². The molecule has 1 aliphatic heterocycles. The Bertz CT molecular complexity index is 938. The van der Waals surface area contributed by atoms with Crippen molar-refractivity contribution < 1.29 is 9.53 Å². The summed E-state index contributed by atoms with van der Waals surface area (Å²) in [6.45, 7) is 1.48. The van der Waals surface area contributed by atoms with Gasteiger partial charge in [0.05, 0.1) is 13.2 Å². The standard InChI is InChI=1S/C21H24N4O2/c1-25(13-16-12-22-24-20(16)14-6-4-3-5-7-14)21(26)19-11-15-10-17(27-2)8-9-18(15)23-19/h3-11,16,20,22-24H,12-13H2,1-2H3. The average Bonchev–Trinajstić information content (AvgIpc) is 3.34. The number of rotatable bonds is 5. The fourth-order valence-corrected chi connectivity index (χ4v) is 3.71. The van der Waals surface area contributed by atoms with Crippen LogP contribution in [0.3, 0.4) is 0 Å². The normalized spacial score (nSPS) is 19.3. The van der Waals surface area contributed by atoms with Gasteiger partial charge in [0.1, 0.15) is 11.4 Å². The molecule has 2 atom stereocenters. The molecule has 0 spiro atoms. The third kappa shape index (κ3) is 3.54. The van der Waals surface area contributed by atoms with E-state index in [4.69, 9.17) is 4.74 Å². The molecule has 27 heavy (non-hydrogen) atoms. The number of hydrazine groups is 1. The fraction of sp³-hybridized carbons (Fsp3) is 0.286. The largest absolute Gasteiger partial charge is 0.497 e. The summed E-state index contributed by atoms with van der Waals surface area (Å²) >= 11 is 0. The SMILES string of the molecule is COc1ccc2[nH]c(C(=O)N(C)CC3CNNC3c3ccccc3)cc2c1. The van der Waals surface area contributed by atoms with E-state index >= 15 is 0 Å². The summed E-state index contributed by atoms with van der Waals surface area (Å²) in [4.78, 5) is 17.9. The van der Waals surface area contributed by atoms with Gasteiger partial charge in [0.15, 0.2) is 0 Å². The zero-order valence-corrected chi connectivity index (χ0v) is 15.5. The lowest BCUT2D eigenvalue weighted by Crippen LogP contribution is -2.34. The Balaban J connectivity index is 1.49. The van der Waals surface area contributed by atoms with Crippen molar-refractivity contribution >= 4 is 16.8 Å². The predicted molar refractivity (Wildman–Crippen MR) is 106 cm³/mol. The van der Waals surface area contributed by atoms with Crippen LogP contribution in [0.5, 0.6) is 5.75 Å². The summed E-state index contributed by atoms with van der Waals surface area (Å²) in [6, 6.07) is 18.2. The molecule has 4 rings (SSSR count). The van der Waals surface area contributed by atoms with Crippen LogP contribution in [0.15, 0.2) is 54.6 Å². The Hall–Kier alpha value is -2.83. The number of aromatic nitrogens is 1. The average molecular weight is 364 g/mol. The van der Waals surface area contributed by atoms with E-state index in [1.807, 2.05) is 49.5 Å². The third-order valence-electron chi connectivity index (χ3n) is 5.17. The van der Waals surface area contributed by atoms with Crippen LogP contribution in [0.2, 0.25) is 0 Å². The van der Waals surface area contributed by atoms with Crippen molar-refractivity contribution in [1.29, 1.82) is 0 Å². The topological polar surface area (TPSA) is 69.4 Å². The number of carbonyl (C=O) groups excluding carboxylic acids is 1. The summed E-state index contributed by atoms with van der Waals surface area (Å²) in [5, 5.41) is 0.970. The summed E-state index contributed by atoms with van der Waals surface area (Å²) in [5.74, 6) is 1.07. The van der Waals surface area contributed by atoms with Crippen molar-refractivity contribution in [2.45, 2.75) is 6.04 Å². The summed E-state index contributed by atoms with van der Waals surface area (Å²) in [5.41, 5.74) is 9.31. The first kappa shape index (κ1) is 17.6. The third-order valence-corrected chi connectivity index (χ3v) is 5.17. The molecule has 0 radical (unpaired) electrons. The number of carbonyl (C=O) groups is 1. The molecule has 6 nitrogen and oxygen atoms in total. The van der Waals surface area contributed by atoms with E-state index < -0.39 is 0 Å². The molecule has 140 valence electrons. The molecule has 0 saturated carbocycles. The second kappa shape index (κ2) is 7.42. The molecule has 1 aliphatic rings. The van der Waals surface area contributed by atoms with E-state index in [0.717, 1.165) is 23.2 Å². The Kier molecular flexibility index (Phi) is 4.83. The molecule has 6 heteroatoms. The van der Waals surface area contributed by atoms with Crippen molar-refractivity contribution in [3.8, 4) is 5.75 Å². The lowest BCUT2D eigenvalue weighted by atomic mass is 9.94. The van der Waals surface area contributed by atoms with Crippen LogP contribution in [-0.4, -0.2) is 43.0 Å². The van der Waals surface area contributed by atoms with Gasteiger partial charge in [-0.05, 0) is 29.8 Å². The number of methoxy groups -OCH3 is 1. The van der Waals surface area contributed by atoms with Gasteiger partial charge >= 0.3 is 0 Å². The molecule has 1 fully saturated rings. The van der Waals surface area contributed by atoms with Gasteiger partial charge in [-0.25, -0.2) is 5.43 Å². The monoisotopic (exact) mass is 364 g/mol. The van der Waals surface area contributed by atoms with E-state index in [-0.39, 0.29) is 11.9 Å². The highest BCUT2D eigenvalue weighted by atomic mass is 16.5. The van der Waals surface area contributed by atoms with E-state index in [1.54, 1.807) is 12.0 Å². The summed E-state index contributed by atoms with van der Waals surface area (Å²) in [7, 11) is 3.50. The van der Waals surface area contributed by atoms with Gasteiger partial charge < -0.3 is 14.6 Å². The molecule has 2 aromatic carbocycles. The van der Waals surface area contributed by atoms with Crippen molar-refractivity contribution in [1.82, 2.24) is 20.7 Å². The summed E-state index contributed by atoms with van der Waals surface area (Å²) in [6.07, 6.45) is 0. The minimum Gasteiger partial charge on any atom is -0.497 e. The van der Waals surface area contributed by atoms with Crippen molar-refractivity contribution in [3.63, 3.8) is 0 Å². The Morgan fingerprint density at radius 2 is 2.00 bits per heavy atom. The second-order valence-corrected chi connectivity index (χ2v) is 7.00. The van der Waals surface area contributed by atoms with Crippen LogP contribution in [-0.2, 0) is 0 Å². The maximum Gasteiger partial charge on any atom is 0.270 e. The van der Waals surface area contributed by atoms with E-state index in [1.165, 1.54) is 5.56 Å². The predicted octanol–water partition coefficient (Wildman–Crippen LogP) is 2.71. The molecule has 0 bridgehead atoms. The number of amides is 1. The van der Waals surface area contributed by atoms with Crippen LogP contribution in [0.4, 0.5) is 0 Å². The minimum absolute atomic E-state index is 0.0103. The van der Waals surface area contributed by atoms with Crippen molar-refractivity contribution in [2.75, 3.05) is 27.2 Å². The van der Waals surface area contributed by atoms with Crippen molar-refractivity contribution in [2.24, 2.45) is 5.92 Å². The molecule has 1 amide bonds. The molecule has 1 saturated heterocycles. The van der Waals surface area contributed by atoms with Crippen molar-refractivity contribution in [3.05, 3.63) is 65.9 Å². The summed E-state index contributed by atoms with van der Waals surface area (Å²) < 4.78 is 5.26. The number of hydrogen-bond donors (Lipinski definition) is 3.